The number of nitrogen functional groups attached to an aromatic ring is 1. The van der Waals surface area contributed by atoms with Crippen LogP contribution >= 0.6 is 11.8 Å². The number of methoxy groups -OCH3 is 1. The Morgan fingerprint density at radius 1 is 1.47 bits per heavy atom. The van der Waals surface area contributed by atoms with Crippen molar-refractivity contribution in [3.63, 3.8) is 0 Å². The zero-order chi connectivity index (χ0) is 11.4. The van der Waals surface area contributed by atoms with Gasteiger partial charge in [-0.25, -0.2) is 0 Å². The lowest BCUT2D eigenvalue weighted by molar-refractivity contribution is 0.413. The molecule has 0 atom stereocenters. The van der Waals surface area contributed by atoms with Gasteiger partial charge in [0.1, 0.15) is 11.6 Å². The average Bonchev–Trinajstić information content (AvgIpc) is 2.16. The van der Waals surface area contributed by atoms with E-state index in [1.54, 1.807) is 18.9 Å². The molecule has 0 heterocycles. The molecule has 0 unspecified atom stereocenters. The fraction of sp³-hybridized carbons (Fsp3) is 0.364. The normalized spacial score (nSPS) is 10.4. The summed E-state index contributed by atoms with van der Waals surface area (Å²) in [6.45, 7) is 4.21. The highest BCUT2D eigenvalue weighted by atomic mass is 32.2. The molecule has 0 aliphatic rings. The molecular weight excluding hydrogens is 208 g/mol. The lowest BCUT2D eigenvalue weighted by atomic mass is 10.2. The van der Waals surface area contributed by atoms with Gasteiger partial charge in [0, 0.05) is 15.7 Å². The number of benzene rings is 1. The second-order valence-electron chi connectivity index (χ2n) is 3.44. The molecule has 0 radical (unpaired) electrons. The summed E-state index contributed by atoms with van der Waals surface area (Å²) in [5, 5.41) is 7.93. The van der Waals surface area contributed by atoms with Crippen LogP contribution in [0.25, 0.3) is 0 Å². The number of nitrogens with two attached hydrogens (primary N) is 1. The minimum atomic E-state index is 0.0980. The first kappa shape index (κ1) is 11.9. The summed E-state index contributed by atoms with van der Waals surface area (Å²) in [4.78, 5) is 0.997. The molecule has 4 heteroatoms. The minimum absolute atomic E-state index is 0.0980. The van der Waals surface area contributed by atoms with Gasteiger partial charge >= 0.3 is 0 Å². The molecule has 0 bridgehead atoms. The van der Waals surface area contributed by atoms with Gasteiger partial charge in [0.2, 0.25) is 0 Å². The molecular formula is C11H16N2OS. The Labute approximate surface area is 94.5 Å². The standard InChI is InChI=1S/C11H16N2OS/c1-7(2)15-10-6-8(14-3)4-5-9(10)11(12)13/h4-7H,1-3H3,(H3,12,13). The summed E-state index contributed by atoms with van der Waals surface area (Å²) >= 11 is 1.68. The molecule has 0 amide bonds. The van der Waals surface area contributed by atoms with Crippen molar-refractivity contribution in [2.75, 3.05) is 7.11 Å². The van der Waals surface area contributed by atoms with Crippen molar-refractivity contribution in [1.29, 1.82) is 5.41 Å². The molecule has 0 aromatic heterocycles. The van der Waals surface area contributed by atoms with Crippen LogP contribution in [0.1, 0.15) is 19.4 Å². The minimum Gasteiger partial charge on any atom is -0.497 e. The van der Waals surface area contributed by atoms with E-state index in [9.17, 15) is 0 Å². The topological polar surface area (TPSA) is 59.1 Å². The summed E-state index contributed by atoms with van der Waals surface area (Å²) in [5.74, 6) is 0.893. The molecule has 0 fully saturated rings. The number of hydrogen-bond acceptors (Lipinski definition) is 3. The smallest absolute Gasteiger partial charge is 0.123 e. The largest absolute Gasteiger partial charge is 0.497 e. The summed E-state index contributed by atoms with van der Waals surface area (Å²) < 4.78 is 5.15. The van der Waals surface area contributed by atoms with E-state index in [0.29, 0.717) is 5.25 Å². The highest BCUT2D eigenvalue weighted by molar-refractivity contribution is 8.00. The van der Waals surface area contributed by atoms with Gasteiger partial charge in [-0.15, -0.1) is 11.8 Å². The Morgan fingerprint density at radius 3 is 2.60 bits per heavy atom. The molecule has 1 rings (SSSR count). The number of rotatable bonds is 4. The van der Waals surface area contributed by atoms with Crippen molar-refractivity contribution >= 4 is 17.6 Å². The third kappa shape index (κ3) is 3.16. The van der Waals surface area contributed by atoms with Gasteiger partial charge in [0.15, 0.2) is 0 Å². The molecule has 0 saturated carbocycles. The second kappa shape index (κ2) is 5.07. The Kier molecular flexibility index (Phi) is 4.03. The highest BCUT2D eigenvalue weighted by Crippen LogP contribution is 2.29. The lowest BCUT2D eigenvalue weighted by Gasteiger charge is -2.11. The molecule has 0 aliphatic heterocycles. The van der Waals surface area contributed by atoms with Crippen molar-refractivity contribution in [3.8, 4) is 5.75 Å². The Balaban J connectivity index is 3.10. The zero-order valence-corrected chi connectivity index (χ0v) is 10.0. The van der Waals surface area contributed by atoms with Crippen molar-refractivity contribution < 1.29 is 4.74 Å². The first-order valence-corrected chi connectivity index (χ1v) is 5.61. The molecule has 0 aliphatic carbocycles. The molecule has 0 spiro atoms. The van der Waals surface area contributed by atoms with Crippen LogP contribution < -0.4 is 10.5 Å². The zero-order valence-electron chi connectivity index (χ0n) is 9.20. The van der Waals surface area contributed by atoms with Gasteiger partial charge in [-0.2, -0.15) is 0 Å². The number of amidine groups is 1. The van der Waals surface area contributed by atoms with Gasteiger partial charge in [-0.05, 0) is 18.2 Å². The van der Waals surface area contributed by atoms with E-state index in [2.05, 4.69) is 13.8 Å². The average molecular weight is 224 g/mol. The fourth-order valence-corrected chi connectivity index (χ4v) is 2.20. The molecule has 15 heavy (non-hydrogen) atoms. The van der Waals surface area contributed by atoms with Crippen LogP contribution in [0.5, 0.6) is 5.75 Å². The van der Waals surface area contributed by atoms with E-state index < -0.39 is 0 Å². The molecule has 1 aromatic carbocycles. The molecule has 82 valence electrons. The fourth-order valence-electron chi connectivity index (χ4n) is 1.20. The van der Waals surface area contributed by atoms with Crippen LogP contribution in [0, 0.1) is 5.41 Å². The summed E-state index contributed by atoms with van der Waals surface area (Å²) in [6, 6.07) is 5.56. The lowest BCUT2D eigenvalue weighted by Crippen LogP contribution is -2.12. The van der Waals surface area contributed by atoms with Crippen LogP contribution in [0.2, 0.25) is 0 Å². The van der Waals surface area contributed by atoms with Gasteiger partial charge in [0.25, 0.3) is 0 Å². The van der Waals surface area contributed by atoms with Crippen LogP contribution in [0.4, 0.5) is 0 Å². The van der Waals surface area contributed by atoms with Gasteiger partial charge in [-0.1, -0.05) is 13.8 Å². The van der Waals surface area contributed by atoms with Gasteiger partial charge in [0.05, 0.1) is 7.11 Å². The summed E-state index contributed by atoms with van der Waals surface area (Å²) in [6.07, 6.45) is 0. The molecule has 0 saturated heterocycles. The van der Waals surface area contributed by atoms with Crippen LogP contribution in [-0.2, 0) is 0 Å². The van der Waals surface area contributed by atoms with E-state index >= 15 is 0 Å². The van der Waals surface area contributed by atoms with E-state index in [-0.39, 0.29) is 5.84 Å². The Bertz CT molecular complexity index is 364. The third-order valence-corrected chi connectivity index (χ3v) is 2.90. The molecule has 3 N–H and O–H groups in total. The number of thioether (sulfide) groups is 1. The van der Waals surface area contributed by atoms with E-state index in [0.717, 1.165) is 16.2 Å². The monoisotopic (exact) mass is 224 g/mol. The van der Waals surface area contributed by atoms with E-state index in [1.165, 1.54) is 0 Å². The maximum atomic E-state index is 7.47. The summed E-state index contributed by atoms with van der Waals surface area (Å²) in [7, 11) is 1.63. The van der Waals surface area contributed by atoms with Crippen molar-refractivity contribution in [1.82, 2.24) is 0 Å². The van der Waals surface area contributed by atoms with Crippen LogP contribution in [-0.4, -0.2) is 18.2 Å². The van der Waals surface area contributed by atoms with Crippen LogP contribution in [0.15, 0.2) is 23.1 Å². The predicted molar refractivity (Wildman–Crippen MR) is 65.0 cm³/mol. The Morgan fingerprint density at radius 2 is 2.13 bits per heavy atom. The van der Waals surface area contributed by atoms with Gasteiger partial charge in [-0.3, -0.25) is 5.41 Å². The van der Waals surface area contributed by atoms with E-state index in [1.807, 2.05) is 18.2 Å². The molecule has 3 nitrogen and oxygen atoms in total. The maximum absolute atomic E-state index is 7.47. The number of hydrogen-bond donors (Lipinski definition) is 2. The molecule has 1 aromatic rings. The number of ether oxygens (including phenoxy) is 1. The highest BCUT2D eigenvalue weighted by Gasteiger charge is 2.09. The SMILES string of the molecule is COc1ccc(C(=N)N)c(SC(C)C)c1. The van der Waals surface area contributed by atoms with Crippen molar-refractivity contribution in [2.24, 2.45) is 5.73 Å². The van der Waals surface area contributed by atoms with E-state index in [4.69, 9.17) is 15.9 Å². The summed E-state index contributed by atoms with van der Waals surface area (Å²) in [5.41, 5.74) is 6.28. The second-order valence-corrected chi connectivity index (χ2v) is 5.06. The number of nitrogens with one attached hydrogen (secondary N) is 1. The van der Waals surface area contributed by atoms with Gasteiger partial charge < -0.3 is 10.5 Å². The first-order chi connectivity index (χ1) is 7.04. The first-order valence-electron chi connectivity index (χ1n) is 4.73. The Hall–Kier alpha value is -1.16. The third-order valence-electron chi connectivity index (χ3n) is 1.84. The van der Waals surface area contributed by atoms with Crippen molar-refractivity contribution in [3.05, 3.63) is 23.8 Å². The maximum Gasteiger partial charge on any atom is 0.123 e. The van der Waals surface area contributed by atoms with Crippen LogP contribution in [0.3, 0.4) is 0 Å². The quantitative estimate of drug-likeness (QED) is 0.469. The predicted octanol–water partition coefficient (Wildman–Crippen LogP) is 2.48. The van der Waals surface area contributed by atoms with Crippen molar-refractivity contribution in [2.45, 2.75) is 24.0 Å².